The molecule has 2 aromatic heterocycles. The molecule has 2 aromatic rings. The van der Waals surface area contributed by atoms with Crippen LogP contribution >= 0.6 is 0 Å². The molecule has 0 fully saturated rings. The molecule has 2 heterocycles. The molecule has 0 atom stereocenters. The van der Waals surface area contributed by atoms with Crippen molar-refractivity contribution >= 4 is 0 Å². The molecular weight excluding hydrogens is 152 g/mol. The molecule has 0 bridgehead atoms. The fraction of sp³-hybridized carbons (Fsp3) is 0. The first-order valence-electron chi connectivity index (χ1n) is 3.35. The topological polar surface area (TPSA) is 51.6 Å². The van der Waals surface area contributed by atoms with Crippen molar-refractivity contribution in [3.63, 3.8) is 0 Å². The minimum absolute atomic E-state index is 0.467. The van der Waals surface area contributed by atoms with Gasteiger partial charge in [-0.1, -0.05) is 0 Å². The maximum Gasteiger partial charge on any atom is 0.198 e. The average molecular weight is 156 g/mol. The Labute approximate surface area is 69.4 Å². The first-order valence-corrected chi connectivity index (χ1v) is 3.35. The van der Waals surface area contributed by atoms with Crippen molar-refractivity contribution in [1.82, 2.24) is 19.9 Å². The van der Waals surface area contributed by atoms with Crippen LogP contribution in [0.25, 0.3) is 11.6 Å². The molecule has 2 radical (unpaired) electrons. The van der Waals surface area contributed by atoms with E-state index in [1.54, 1.807) is 24.5 Å². The van der Waals surface area contributed by atoms with Gasteiger partial charge >= 0.3 is 0 Å². The third-order valence-electron chi connectivity index (χ3n) is 1.23. The Hall–Kier alpha value is -1.84. The van der Waals surface area contributed by atoms with Crippen LogP contribution in [0.3, 0.4) is 0 Å². The lowest BCUT2D eigenvalue weighted by Gasteiger charge is -1.93. The second-order valence-corrected chi connectivity index (χ2v) is 2.02. The standard InChI is InChI=1S/C8H4N4/c1-3-9-7(10-4-1)8-11-5-2-6-12-8/h1-3,5H. The first kappa shape index (κ1) is 6.84. The number of nitrogens with zero attached hydrogens (tertiary/aromatic N) is 4. The maximum absolute atomic E-state index is 3.96. The van der Waals surface area contributed by atoms with Gasteiger partial charge in [0.05, 0.1) is 12.4 Å². The maximum atomic E-state index is 3.96. The van der Waals surface area contributed by atoms with Crippen LogP contribution in [-0.2, 0) is 0 Å². The van der Waals surface area contributed by atoms with Gasteiger partial charge in [-0.2, -0.15) is 0 Å². The van der Waals surface area contributed by atoms with E-state index in [1.807, 2.05) is 0 Å². The number of aromatic nitrogens is 4. The van der Waals surface area contributed by atoms with E-state index in [0.717, 1.165) is 0 Å². The highest BCUT2D eigenvalue weighted by Crippen LogP contribution is 2.03. The van der Waals surface area contributed by atoms with E-state index in [1.165, 1.54) is 0 Å². The molecule has 0 unspecified atom stereocenters. The zero-order valence-electron chi connectivity index (χ0n) is 6.10. The zero-order valence-corrected chi connectivity index (χ0v) is 6.10. The van der Waals surface area contributed by atoms with Crippen LogP contribution < -0.4 is 0 Å². The summed E-state index contributed by atoms with van der Waals surface area (Å²) in [4.78, 5) is 15.7. The summed E-state index contributed by atoms with van der Waals surface area (Å²) >= 11 is 0. The lowest BCUT2D eigenvalue weighted by Crippen LogP contribution is -1.92. The van der Waals surface area contributed by atoms with Gasteiger partial charge in [-0.05, 0) is 12.1 Å². The number of hydrogen-bond donors (Lipinski definition) is 0. The van der Waals surface area contributed by atoms with Crippen molar-refractivity contribution in [2.45, 2.75) is 0 Å². The molecular formula is C8H4N4. The minimum atomic E-state index is 0.467. The SMILES string of the molecule is [c]1ccnc(-c2n[c]ccn2)n1. The normalized spacial score (nSPS) is 9.67. The van der Waals surface area contributed by atoms with E-state index < -0.39 is 0 Å². The van der Waals surface area contributed by atoms with E-state index in [9.17, 15) is 0 Å². The summed E-state index contributed by atoms with van der Waals surface area (Å²) in [7, 11) is 0. The Morgan fingerprint density at radius 1 is 0.833 bits per heavy atom. The summed E-state index contributed by atoms with van der Waals surface area (Å²) < 4.78 is 0. The van der Waals surface area contributed by atoms with E-state index in [2.05, 4.69) is 32.3 Å². The van der Waals surface area contributed by atoms with Crippen molar-refractivity contribution in [3.05, 3.63) is 36.9 Å². The summed E-state index contributed by atoms with van der Waals surface area (Å²) in [6, 6.07) is 3.24. The van der Waals surface area contributed by atoms with E-state index in [-0.39, 0.29) is 0 Å². The summed E-state index contributed by atoms with van der Waals surface area (Å²) in [5, 5.41) is 0. The van der Waals surface area contributed by atoms with Gasteiger partial charge < -0.3 is 0 Å². The van der Waals surface area contributed by atoms with Gasteiger partial charge in [0.1, 0.15) is 0 Å². The first-order chi connectivity index (χ1) is 5.97. The van der Waals surface area contributed by atoms with Crippen molar-refractivity contribution in [2.24, 2.45) is 0 Å². The fourth-order valence-electron chi connectivity index (χ4n) is 0.752. The van der Waals surface area contributed by atoms with E-state index in [0.29, 0.717) is 11.6 Å². The summed E-state index contributed by atoms with van der Waals surface area (Å²) in [6.07, 6.45) is 8.50. The fourth-order valence-corrected chi connectivity index (χ4v) is 0.752. The minimum Gasteiger partial charge on any atom is -0.234 e. The lowest BCUT2D eigenvalue weighted by molar-refractivity contribution is 1.07. The number of rotatable bonds is 1. The van der Waals surface area contributed by atoms with Crippen molar-refractivity contribution in [3.8, 4) is 11.6 Å². The largest absolute Gasteiger partial charge is 0.234 e. The Morgan fingerprint density at radius 2 is 1.33 bits per heavy atom. The molecule has 2 rings (SSSR count). The Balaban J connectivity index is 2.46. The van der Waals surface area contributed by atoms with Crippen LogP contribution in [0, 0.1) is 12.4 Å². The third kappa shape index (κ3) is 1.27. The van der Waals surface area contributed by atoms with Crippen LogP contribution in [0.4, 0.5) is 0 Å². The summed E-state index contributed by atoms with van der Waals surface area (Å²) in [5.41, 5.74) is 0. The molecule has 0 amide bonds. The predicted octanol–water partition coefficient (Wildman–Crippen LogP) is 0.534. The highest BCUT2D eigenvalue weighted by atomic mass is 15.0. The second kappa shape index (κ2) is 3.04. The molecule has 0 aromatic carbocycles. The van der Waals surface area contributed by atoms with Gasteiger partial charge in [0.2, 0.25) is 0 Å². The van der Waals surface area contributed by atoms with Gasteiger partial charge in [-0.3, -0.25) is 0 Å². The summed E-state index contributed by atoms with van der Waals surface area (Å²) in [6.45, 7) is 0. The molecule has 4 nitrogen and oxygen atoms in total. The van der Waals surface area contributed by atoms with Crippen LogP contribution in [0.2, 0.25) is 0 Å². The molecule has 0 aliphatic rings. The van der Waals surface area contributed by atoms with Crippen LogP contribution in [0.5, 0.6) is 0 Å². The molecule has 0 aliphatic carbocycles. The molecule has 0 saturated carbocycles. The highest BCUT2D eigenvalue weighted by Gasteiger charge is 1.99. The van der Waals surface area contributed by atoms with Crippen molar-refractivity contribution < 1.29 is 0 Å². The molecule has 12 heavy (non-hydrogen) atoms. The quantitative estimate of drug-likeness (QED) is 0.604. The molecule has 56 valence electrons. The van der Waals surface area contributed by atoms with E-state index in [4.69, 9.17) is 0 Å². The van der Waals surface area contributed by atoms with E-state index >= 15 is 0 Å². The van der Waals surface area contributed by atoms with Crippen LogP contribution in [0.1, 0.15) is 0 Å². The van der Waals surface area contributed by atoms with Crippen LogP contribution in [0.15, 0.2) is 24.5 Å². The van der Waals surface area contributed by atoms with Crippen molar-refractivity contribution in [1.29, 1.82) is 0 Å². The highest BCUT2D eigenvalue weighted by molar-refractivity contribution is 5.40. The van der Waals surface area contributed by atoms with Crippen molar-refractivity contribution in [2.75, 3.05) is 0 Å². The average Bonchev–Trinajstić information content (AvgIpc) is 2.21. The molecule has 0 aliphatic heterocycles. The Morgan fingerprint density at radius 3 is 1.67 bits per heavy atom. The molecule has 0 N–H and O–H groups in total. The molecule has 4 heteroatoms. The summed E-state index contributed by atoms with van der Waals surface area (Å²) in [5.74, 6) is 0.934. The van der Waals surface area contributed by atoms with Gasteiger partial charge in [0.25, 0.3) is 0 Å². The van der Waals surface area contributed by atoms with Gasteiger partial charge in [0.15, 0.2) is 11.6 Å². The Kier molecular flexibility index (Phi) is 1.74. The smallest absolute Gasteiger partial charge is 0.198 e. The van der Waals surface area contributed by atoms with Gasteiger partial charge in [0, 0.05) is 12.4 Å². The zero-order chi connectivity index (χ0) is 8.23. The second-order valence-electron chi connectivity index (χ2n) is 2.02. The van der Waals surface area contributed by atoms with Crippen LogP contribution in [-0.4, -0.2) is 19.9 Å². The molecule has 0 saturated heterocycles. The molecule has 0 spiro atoms. The predicted molar refractivity (Wildman–Crippen MR) is 40.7 cm³/mol. The third-order valence-corrected chi connectivity index (χ3v) is 1.23. The van der Waals surface area contributed by atoms with Gasteiger partial charge in [-0.15, -0.1) is 0 Å². The van der Waals surface area contributed by atoms with Gasteiger partial charge in [-0.25, -0.2) is 19.9 Å². The lowest BCUT2D eigenvalue weighted by atomic mass is 10.5. The number of hydrogen-bond acceptors (Lipinski definition) is 4. The monoisotopic (exact) mass is 156 g/mol. The Bertz CT molecular complexity index is 308.